The number of amides is 1. The van der Waals surface area contributed by atoms with Gasteiger partial charge in [-0.1, -0.05) is 12.5 Å². The van der Waals surface area contributed by atoms with Crippen molar-refractivity contribution in [3.63, 3.8) is 0 Å². The van der Waals surface area contributed by atoms with E-state index in [-0.39, 0.29) is 17.9 Å². The van der Waals surface area contributed by atoms with E-state index in [1.807, 2.05) is 16.2 Å². The Morgan fingerprint density at radius 2 is 1.97 bits per heavy atom. The first-order valence-electron chi connectivity index (χ1n) is 11.8. The summed E-state index contributed by atoms with van der Waals surface area (Å²) >= 11 is 1.90. The molecule has 1 N–H and O–H groups in total. The largest absolute Gasteiger partial charge is 0.311 e. The van der Waals surface area contributed by atoms with E-state index in [0.717, 1.165) is 30.1 Å². The van der Waals surface area contributed by atoms with Crippen molar-refractivity contribution < 1.29 is 4.79 Å². The lowest BCUT2D eigenvalue weighted by Gasteiger charge is -2.34. The summed E-state index contributed by atoms with van der Waals surface area (Å²) in [4.78, 5) is 20.7. The van der Waals surface area contributed by atoms with Crippen LogP contribution in [0.15, 0.2) is 35.4 Å². The Bertz CT molecular complexity index is 1030. The quantitative estimate of drug-likeness (QED) is 0.755. The Labute approximate surface area is 188 Å². The lowest BCUT2D eigenvalue weighted by atomic mass is 9.85. The van der Waals surface area contributed by atoms with Gasteiger partial charge in [0.1, 0.15) is 5.92 Å². The molecule has 3 aliphatic heterocycles. The summed E-state index contributed by atoms with van der Waals surface area (Å²) < 4.78 is 0. The lowest BCUT2D eigenvalue weighted by Crippen LogP contribution is -2.48. The van der Waals surface area contributed by atoms with Crippen molar-refractivity contribution in [2.75, 3.05) is 24.5 Å². The van der Waals surface area contributed by atoms with Gasteiger partial charge in [-0.2, -0.15) is 5.10 Å². The van der Waals surface area contributed by atoms with E-state index in [9.17, 15) is 4.79 Å². The molecule has 1 aliphatic carbocycles. The molecule has 1 saturated heterocycles. The van der Waals surface area contributed by atoms with Crippen LogP contribution in [0.5, 0.6) is 0 Å². The molecule has 0 bridgehead atoms. The minimum absolute atomic E-state index is 0.0545. The second-order valence-corrected chi connectivity index (χ2v) is 10.8. The maximum atomic E-state index is 13.3. The number of nitrogens with zero attached hydrogens (tertiary/aromatic N) is 3. The summed E-state index contributed by atoms with van der Waals surface area (Å²) in [6.07, 6.45) is 6.51. The number of anilines is 1. The molecule has 4 heterocycles. The van der Waals surface area contributed by atoms with Crippen LogP contribution in [0.2, 0.25) is 0 Å². The van der Waals surface area contributed by atoms with E-state index < -0.39 is 0 Å². The predicted molar refractivity (Wildman–Crippen MR) is 127 cm³/mol. The highest BCUT2D eigenvalue weighted by molar-refractivity contribution is 7.15. The van der Waals surface area contributed by atoms with Crippen molar-refractivity contribution in [3.05, 3.63) is 40.8 Å². The first-order valence-corrected chi connectivity index (χ1v) is 12.6. The third-order valence-corrected chi connectivity index (χ3v) is 8.31. The number of nitrogens with one attached hydrogen (secondary N) is 1. The molecule has 2 atom stereocenters. The third kappa shape index (κ3) is 3.60. The van der Waals surface area contributed by atoms with E-state index in [2.05, 4.69) is 52.7 Å². The molecule has 6 heteroatoms. The van der Waals surface area contributed by atoms with Crippen molar-refractivity contribution in [2.24, 2.45) is 16.9 Å². The van der Waals surface area contributed by atoms with Gasteiger partial charge in [0, 0.05) is 28.4 Å². The minimum Gasteiger partial charge on any atom is -0.311 e. The van der Waals surface area contributed by atoms with Crippen LogP contribution in [0, 0.1) is 11.8 Å². The van der Waals surface area contributed by atoms with Crippen LogP contribution in [0.25, 0.3) is 10.4 Å². The molecule has 1 saturated carbocycles. The van der Waals surface area contributed by atoms with Crippen LogP contribution in [0.4, 0.5) is 5.69 Å². The molecule has 1 aromatic carbocycles. The first kappa shape index (κ1) is 19.5. The van der Waals surface area contributed by atoms with Crippen molar-refractivity contribution in [3.8, 4) is 10.4 Å². The number of carbonyl (C=O) groups is 1. The number of thiophene rings is 1. The van der Waals surface area contributed by atoms with E-state index in [4.69, 9.17) is 0 Å². The van der Waals surface area contributed by atoms with Crippen molar-refractivity contribution >= 4 is 28.6 Å². The van der Waals surface area contributed by atoms with Crippen molar-refractivity contribution in [1.82, 2.24) is 10.3 Å². The summed E-state index contributed by atoms with van der Waals surface area (Å²) in [6, 6.07) is 11.2. The molecule has 2 aromatic rings. The van der Waals surface area contributed by atoms with Gasteiger partial charge in [-0.15, -0.1) is 11.3 Å². The number of carbonyl (C=O) groups excluding carboxylic acids is 1. The highest BCUT2D eigenvalue weighted by Gasteiger charge is 2.45. The van der Waals surface area contributed by atoms with Gasteiger partial charge in [0.25, 0.3) is 0 Å². The second kappa shape index (κ2) is 7.75. The Morgan fingerprint density at radius 1 is 1.13 bits per heavy atom. The second-order valence-electron chi connectivity index (χ2n) is 9.62. The molecule has 0 radical (unpaired) electrons. The summed E-state index contributed by atoms with van der Waals surface area (Å²) in [5, 5.41) is 4.59. The molecule has 1 aromatic heterocycles. The fourth-order valence-electron chi connectivity index (χ4n) is 5.23. The number of hydrazone groups is 1. The first-order chi connectivity index (χ1) is 15.2. The zero-order valence-electron chi connectivity index (χ0n) is 18.1. The van der Waals surface area contributed by atoms with Crippen LogP contribution in [0.1, 0.15) is 49.5 Å². The molecule has 0 spiro atoms. The average Bonchev–Trinajstić information content (AvgIpc) is 3.35. The van der Waals surface area contributed by atoms with Gasteiger partial charge >= 0.3 is 0 Å². The summed E-state index contributed by atoms with van der Waals surface area (Å²) in [5.41, 5.74) is 7.49. The smallest absolute Gasteiger partial charge is 0.238 e. The number of likely N-dealkylation sites (tertiary alicyclic amines) is 1. The Kier molecular flexibility index (Phi) is 4.87. The molecule has 2 fully saturated rings. The van der Waals surface area contributed by atoms with Crippen molar-refractivity contribution in [2.45, 2.75) is 51.6 Å². The molecule has 6 rings (SSSR count). The SMILES string of the molecule is CC1NN=C2c3cc(-c4ccc(CN5CCCCC5)s4)ccc3N(CC3CC3)C(=O)C21. The zero-order valence-corrected chi connectivity index (χ0v) is 19.0. The molecular formula is C25H30N4OS. The molecular weight excluding hydrogens is 404 g/mol. The van der Waals surface area contributed by atoms with Gasteiger partial charge in [0.05, 0.1) is 17.4 Å². The highest BCUT2D eigenvalue weighted by atomic mass is 32.1. The van der Waals surface area contributed by atoms with Crippen LogP contribution in [0.3, 0.4) is 0 Å². The predicted octanol–water partition coefficient (Wildman–Crippen LogP) is 4.47. The van der Waals surface area contributed by atoms with Crippen LogP contribution in [-0.4, -0.2) is 42.2 Å². The summed E-state index contributed by atoms with van der Waals surface area (Å²) in [5.74, 6) is 0.706. The zero-order chi connectivity index (χ0) is 20.9. The van der Waals surface area contributed by atoms with Gasteiger partial charge < -0.3 is 10.3 Å². The summed E-state index contributed by atoms with van der Waals surface area (Å²) in [6.45, 7) is 6.43. The molecule has 4 aliphatic rings. The Morgan fingerprint density at radius 3 is 2.77 bits per heavy atom. The normalized spacial score (nSPS) is 25.8. The molecule has 2 unspecified atom stereocenters. The van der Waals surface area contributed by atoms with Crippen molar-refractivity contribution in [1.29, 1.82) is 0 Å². The van der Waals surface area contributed by atoms with Gasteiger partial charge in [0.2, 0.25) is 5.91 Å². The summed E-state index contributed by atoms with van der Waals surface area (Å²) in [7, 11) is 0. The highest BCUT2D eigenvalue weighted by Crippen LogP contribution is 2.41. The van der Waals surface area contributed by atoms with Crippen LogP contribution < -0.4 is 10.3 Å². The van der Waals surface area contributed by atoms with Gasteiger partial charge in [-0.25, -0.2) is 0 Å². The number of fused-ring (bicyclic) bond motifs is 3. The fourth-order valence-corrected chi connectivity index (χ4v) is 6.28. The van der Waals surface area contributed by atoms with E-state index >= 15 is 0 Å². The number of piperidine rings is 1. The number of hydrogen-bond donors (Lipinski definition) is 1. The number of hydrogen-bond acceptors (Lipinski definition) is 5. The maximum Gasteiger partial charge on any atom is 0.238 e. The van der Waals surface area contributed by atoms with E-state index in [1.165, 1.54) is 60.5 Å². The van der Waals surface area contributed by atoms with E-state index in [0.29, 0.717) is 5.92 Å². The molecule has 162 valence electrons. The van der Waals surface area contributed by atoms with Crippen LogP contribution >= 0.6 is 11.3 Å². The topological polar surface area (TPSA) is 47.9 Å². The van der Waals surface area contributed by atoms with Gasteiger partial charge in [0.15, 0.2) is 0 Å². The number of rotatable bonds is 5. The average molecular weight is 435 g/mol. The molecule has 31 heavy (non-hydrogen) atoms. The lowest BCUT2D eigenvalue weighted by molar-refractivity contribution is -0.121. The Hall–Kier alpha value is -2.18. The van der Waals surface area contributed by atoms with Gasteiger partial charge in [-0.05, 0) is 81.4 Å². The Balaban J connectivity index is 1.31. The fraction of sp³-hybridized carbons (Fsp3) is 0.520. The number of benzene rings is 1. The van der Waals surface area contributed by atoms with Gasteiger partial charge in [-0.3, -0.25) is 9.69 Å². The van der Waals surface area contributed by atoms with E-state index in [1.54, 1.807) is 0 Å². The standard InChI is InChI=1S/C25H30N4OS/c1-16-23-24(27-26-16)20-13-18(7-9-21(20)29(25(23)30)14-17-5-6-17)22-10-8-19(31-22)15-28-11-3-2-4-12-28/h7-10,13,16-17,23,26H,2-6,11-12,14-15H2,1H3. The third-order valence-electron chi connectivity index (χ3n) is 7.19. The molecule has 1 amide bonds. The minimum atomic E-state index is -0.167. The van der Waals surface area contributed by atoms with Crippen LogP contribution in [-0.2, 0) is 11.3 Å². The maximum absolute atomic E-state index is 13.3. The monoisotopic (exact) mass is 434 g/mol. The molecule has 5 nitrogen and oxygen atoms in total.